The Hall–Kier alpha value is -3.48. The largest absolute Gasteiger partial charge is 0.506 e. The third kappa shape index (κ3) is 3.21. The Morgan fingerprint density at radius 2 is 1.65 bits per heavy atom. The minimum absolute atomic E-state index is 0.0559. The first-order valence-corrected chi connectivity index (χ1v) is 10.3. The molecule has 6 nitrogen and oxygen atoms in total. The van der Waals surface area contributed by atoms with E-state index in [1.807, 2.05) is 12.2 Å². The maximum Gasteiger partial charge on any atom is 0.234 e. The van der Waals surface area contributed by atoms with Crippen molar-refractivity contribution in [2.75, 3.05) is 5.32 Å². The molecule has 2 aromatic rings. The zero-order valence-electron chi connectivity index (χ0n) is 16.6. The minimum atomic E-state index is -0.851. The molecule has 3 amide bonds. The number of phenolic OH excluding ortho intramolecular Hbond substituents is 1. The van der Waals surface area contributed by atoms with Gasteiger partial charge in [-0.15, -0.1) is 0 Å². The van der Waals surface area contributed by atoms with E-state index in [9.17, 15) is 23.9 Å². The highest BCUT2D eigenvalue weighted by Crippen LogP contribution is 2.54. The Balaban J connectivity index is 1.45. The first kappa shape index (κ1) is 19.5. The second-order valence-electron chi connectivity index (χ2n) is 8.38. The number of aromatic hydroxyl groups is 1. The van der Waals surface area contributed by atoms with Gasteiger partial charge in [-0.1, -0.05) is 36.4 Å². The van der Waals surface area contributed by atoms with Crippen LogP contribution in [0.4, 0.5) is 10.1 Å². The van der Waals surface area contributed by atoms with Crippen molar-refractivity contribution in [2.45, 2.75) is 18.9 Å². The molecule has 1 saturated carbocycles. The number of benzene rings is 2. The molecule has 158 valence electrons. The van der Waals surface area contributed by atoms with Crippen molar-refractivity contribution in [3.05, 3.63) is 72.1 Å². The summed E-state index contributed by atoms with van der Waals surface area (Å²) in [6.45, 7) is 0. The van der Waals surface area contributed by atoms with Crippen LogP contribution in [0.2, 0.25) is 0 Å². The monoisotopic (exact) mass is 420 g/mol. The van der Waals surface area contributed by atoms with E-state index in [1.54, 1.807) is 18.2 Å². The van der Waals surface area contributed by atoms with Gasteiger partial charge in [0.15, 0.2) is 0 Å². The van der Waals surface area contributed by atoms with E-state index in [2.05, 4.69) is 5.32 Å². The summed E-state index contributed by atoms with van der Waals surface area (Å²) in [6.07, 6.45) is 4.64. The summed E-state index contributed by atoms with van der Waals surface area (Å²) >= 11 is 0. The summed E-state index contributed by atoms with van der Waals surface area (Å²) in [5.41, 5.74) is 0.749. The average Bonchev–Trinajstić information content (AvgIpc) is 3.43. The number of hydrogen-bond donors (Lipinski definition) is 2. The number of anilines is 1. The smallest absolute Gasteiger partial charge is 0.234 e. The highest BCUT2D eigenvalue weighted by atomic mass is 19.1. The quantitative estimate of drug-likeness (QED) is 0.441. The molecular formula is C24H21FN2O4. The number of nitrogens with one attached hydrogen (secondary N) is 1. The third-order valence-electron chi connectivity index (χ3n) is 6.63. The van der Waals surface area contributed by atoms with E-state index in [0.717, 1.165) is 6.42 Å². The molecule has 2 aromatic carbocycles. The van der Waals surface area contributed by atoms with Crippen LogP contribution in [0.25, 0.3) is 0 Å². The lowest BCUT2D eigenvalue weighted by Crippen LogP contribution is -2.38. The fourth-order valence-electron chi connectivity index (χ4n) is 5.23. The van der Waals surface area contributed by atoms with Crippen LogP contribution in [0.15, 0.2) is 60.7 Å². The summed E-state index contributed by atoms with van der Waals surface area (Å²) in [6, 6.07) is 10.9. The molecule has 0 aromatic heterocycles. The maximum absolute atomic E-state index is 13.5. The van der Waals surface area contributed by atoms with Gasteiger partial charge in [0, 0.05) is 0 Å². The molecular weight excluding hydrogens is 399 g/mol. The summed E-state index contributed by atoms with van der Waals surface area (Å²) in [5.74, 6) is -2.18. The second-order valence-corrected chi connectivity index (χ2v) is 8.38. The Bertz CT molecular complexity index is 1070. The van der Waals surface area contributed by atoms with E-state index in [1.165, 1.54) is 35.2 Å². The van der Waals surface area contributed by atoms with E-state index < -0.39 is 17.8 Å². The number of para-hydroxylation sites is 2. The Morgan fingerprint density at radius 1 is 1.03 bits per heavy atom. The predicted octanol–water partition coefficient (Wildman–Crippen LogP) is 3.41. The summed E-state index contributed by atoms with van der Waals surface area (Å²) in [4.78, 5) is 40.6. The number of imide groups is 1. The van der Waals surface area contributed by atoms with Crippen LogP contribution in [-0.2, 0) is 14.4 Å². The lowest BCUT2D eigenvalue weighted by molar-refractivity contribution is -0.144. The molecule has 5 atom stereocenters. The molecule has 2 fully saturated rings. The van der Waals surface area contributed by atoms with Crippen molar-refractivity contribution >= 4 is 23.4 Å². The molecule has 2 aliphatic carbocycles. The number of rotatable bonds is 5. The van der Waals surface area contributed by atoms with Gasteiger partial charge in [-0.05, 0) is 48.1 Å². The number of nitrogens with zero attached hydrogens (tertiary/aromatic N) is 1. The normalized spacial score (nSPS) is 26.9. The molecule has 31 heavy (non-hydrogen) atoms. The first-order chi connectivity index (χ1) is 14.9. The Kier molecular flexibility index (Phi) is 4.61. The Morgan fingerprint density at radius 3 is 2.26 bits per heavy atom. The molecule has 0 spiro atoms. The average molecular weight is 420 g/mol. The SMILES string of the molecule is O=C(CC(c1ccc(F)cc1)N1C(=O)C2C3C=CC(C3)C2C1=O)Nc1ccccc1O. The number of amides is 3. The van der Waals surface area contributed by atoms with Crippen molar-refractivity contribution in [1.82, 2.24) is 4.90 Å². The van der Waals surface area contributed by atoms with Crippen LogP contribution in [0.5, 0.6) is 5.75 Å². The fraction of sp³-hybridized carbons (Fsp3) is 0.292. The summed E-state index contributed by atoms with van der Waals surface area (Å²) in [5, 5.41) is 12.6. The predicted molar refractivity (Wildman–Crippen MR) is 110 cm³/mol. The van der Waals surface area contributed by atoms with E-state index in [0.29, 0.717) is 5.56 Å². The molecule has 1 saturated heterocycles. The number of carbonyl (C=O) groups is 3. The van der Waals surface area contributed by atoms with E-state index in [-0.39, 0.29) is 53.3 Å². The van der Waals surface area contributed by atoms with Gasteiger partial charge in [0.1, 0.15) is 11.6 Å². The van der Waals surface area contributed by atoms with Crippen LogP contribution in [0.1, 0.15) is 24.4 Å². The summed E-state index contributed by atoms with van der Waals surface area (Å²) in [7, 11) is 0. The molecule has 1 heterocycles. The number of hydrogen-bond acceptors (Lipinski definition) is 4. The standard InChI is InChI=1S/C24H21FN2O4/c25-16-9-7-13(8-10-16)18(12-20(29)26-17-3-1-2-4-19(17)28)27-23(30)21-14-5-6-15(11-14)22(21)24(27)31/h1-10,14-15,18,21-22,28H,11-12H2,(H,26,29). The van der Waals surface area contributed by atoms with E-state index >= 15 is 0 Å². The number of likely N-dealkylation sites (tertiary alicyclic amines) is 1. The van der Waals surface area contributed by atoms with Crippen LogP contribution < -0.4 is 5.32 Å². The van der Waals surface area contributed by atoms with Crippen LogP contribution >= 0.6 is 0 Å². The summed E-state index contributed by atoms with van der Waals surface area (Å²) < 4.78 is 13.5. The van der Waals surface area contributed by atoms with Gasteiger partial charge < -0.3 is 10.4 Å². The lowest BCUT2D eigenvalue weighted by Gasteiger charge is -2.28. The molecule has 2 N–H and O–H groups in total. The first-order valence-electron chi connectivity index (χ1n) is 10.3. The van der Waals surface area contributed by atoms with Crippen molar-refractivity contribution < 1.29 is 23.9 Å². The van der Waals surface area contributed by atoms with Gasteiger partial charge in [0.05, 0.1) is 30.0 Å². The zero-order chi connectivity index (χ0) is 21.7. The van der Waals surface area contributed by atoms with Crippen molar-refractivity contribution in [1.29, 1.82) is 0 Å². The van der Waals surface area contributed by atoms with Crippen molar-refractivity contribution in [3.63, 3.8) is 0 Å². The number of carbonyl (C=O) groups excluding carboxylic acids is 3. The molecule has 1 aliphatic heterocycles. The molecule has 7 heteroatoms. The molecule has 2 bridgehead atoms. The highest BCUT2D eigenvalue weighted by Gasteiger charge is 2.60. The third-order valence-corrected chi connectivity index (χ3v) is 6.63. The molecule has 0 radical (unpaired) electrons. The van der Waals surface area contributed by atoms with Crippen molar-refractivity contribution in [2.24, 2.45) is 23.7 Å². The lowest BCUT2D eigenvalue weighted by atomic mass is 9.85. The molecule has 5 rings (SSSR count). The van der Waals surface area contributed by atoms with Crippen molar-refractivity contribution in [3.8, 4) is 5.75 Å². The maximum atomic E-state index is 13.5. The second kappa shape index (κ2) is 7.34. The van der Waals surface area contributed by atoms with Gasteiger partial charge in [-0.2, -0.15) is 0 Å². The topological polar surface area (TPSA) is 86.7 Å². The van der Waals surface area contributed by atoms with Crippen LogP contribution in [-0.4, -0.2) is 27.7 Å². The van der Waals surface area contributed by atoms with Crippen LogP contribution in [0, 0.1) is 29.5 Å². The van der Waals surface area contributed by atoms with Gasteiger partial charge in [0.2, 0.25) is 17.7 Å². The fourth-order valence-corrected chi connectivity index (χ4v) is 5.23. The van der Waals surface area contributed by atoms with Crippen LogP contribution in [0.3, 0.4) is 0 Å². The molecule has 5 unspecified atom stereocenters. The van der Waals surface area contributed by atoms with Gasteiger partial charge in [0.25, 0.3) is 0 Å². The van der Waals surface area contributed by atoms with Gasteiger partial charge in [-0.25, -0.2) is 4.39 Å². The number of phenols is 1. The number of halogens is 1. The number of fused-ring (bicyclic) bond motifs is 5. The highest BCUT2D eigenvalue weighted by molar-refractivity contribution is 6.07. The zero-order valence-corrected chi connectivity index (χ0v) is 16.6. The number of allylic oxidation sites excluding steroid dienone is 2. The Labute approximate surface area is 178 Å². The van der Waals surface area contributed by atoms with E-state index in [4.69, 9.17) is 0 Å². The minimum Gasteiger partial charge on any atom is -0.506 e. The molecule has 3 aliphatic rings. The van der Waals surface area contributed by atoms with Gasteiger partial charge >= 0.3 is 0 Å². The van der Waals surface area contributed by atoms with Gasteiger partial charge in [-0.3, -0.25) is 19.3 Å².